The summed E-state index contributed by atoms with van der Waals surface area (Å²) < 4.78 is 44.3. The molecule has 2 aromatic heterocycles. The minimum absolute atomic E-state index is 0.126. The molecule has 1 aromatic carbocycles. The van der Waals surface area contributed by atoms with Gasteiger partial charge in [-0.3, -0.25) is 9.36 Å². The fraction of sp³-hybridized carbons (Fsp3) is 0.200. The van der Waals surface area contributed by atoms with E-state index in [-0.39, 0.29) is 22.0 Å². The number of alkyl halides is 2. The van der Waals surface area contributed by atoms with E-state index in [1.807, 2.05) is 0 Å². The lowest BCUT2D eigenvalue weighted by molar-refractivity contribution is 0.0595. The number of amides is 1. The van der Waals surface area contributed by atoms with Crippen molar-refractivity contribution in [2.45, 2.75) is 19.1 Å². The Labute approximate surface area is 163 Å². The van der Waals surface area contributed by atoms with Crippen molar-refractivity contribution < 1.29 is 32.5 Å². The predicted molar refractivity (Wildman–Crippen MR) is 97.9 cm³/mol. The third-order valence-corrected chi connectivity index (χ3v) is 7.07. The third-order valence-electron chi connectivity index (χ3n) is 3.64. The van der Waals surface area contributed by atoms with Gasteiger partial charge in [0.05, 0.1) is 6.54 Å². The van der Waals surface area contributed by atoms with Gasteiger partial charge in [0.2, 0.25) is 0 Å². The van der Waals surface area contributed by atoms with E-state index in [9.17, 15) is 18.1 Å². The standard InChI is InChI=1S/C15H12BrF2N2O5PS/c1-7-4-9(20-25-7)6-19-14(21)8-2-3-11-10(5-8)12(16)13(27-11)15(17,18)26(22,23)24/h2-5H,6H2,1H3,(H,19,21)(H2,22,23,24). The van der Waals surface area contributed by atoms with Crippen molar-refractivity contribution in [3.63, 3.8) is 0 Å². The molecule has 0 aliphatic carbocycles. The van der Waals surface area contributed by atoms with Crippen LogP contribution in [0.25, 0.3) is 10.1 Å². The van der Waals surface area contributed by atoms with Gasteiger partial charge in [0.15, 0.2) is 0 Å². The number of hydrogen-bond donors (Lipinski definition) is 3. The van der Waals surface area contributed by atoms with E-state index >= 15 is 0 Å². The molecule has 27 heavy (non-hydrogen) atoms. The first kappa shape index (κ1) is 20.1. The van der Waals surface area contributed by atoms with Gasteiger partial charge in [-0.05, 0) is 41.1 Å². The highest BCUT2D eigenvalue weighted by atomic mass is 79.9. The van der Waals surface area contributed by atoms with Gasteiger partial charge in [0, 0.05) is 26.2 Å². The topological polar surface area (TPSA) is 113 Å². The first-order chi connectivity index (χ1) is 12.5. The highest BCUT2D eigenvalue weighted by molar-refractivity contribution is 9.10. The number of nitrogens with zero attached hydrogens (tertiary/aromatic N) is 1. The van der Waals surface area contributed by atoms with Crippen molar-refractivity contribution in [3.05, 3.63) is 50.6 Å². The summed E-state index contributed by atoms with van der Waals surface area (Å²) in [6.45, 7) is 1.84. The van der Waals surface area contributed by atoms with E-state index in [4.69, 9.17) is 14.3 Å². The van der Waals surface area contributed by atoms with Crippen LogP contribution >= 0.6 is 34.9 Å². The molecule has 1 amide bonds. The largest absolute Gasteiger partial charge is 0.400 e. The van der Waals surface area contributed by atoms with Crippen LogP contribution in [0, 0.1) is 6.92 Å². The molecule has 0 unspecified atom stereocenters. The van der Waals surface area contributed by atoms with E-state index in [1.165, 1.54) is 18.2 Å². The van der Waals surface area contributed by atoms with Crippen LogP contribution in [0.4, 0.5) is 8.78 Å². The molecule has 0 aliphatic rings. The highest BCUT2D eigenvalue weighted by Gasteiger charge is 2.53. The van der Waals surface area contributed by atoms with E-state index in [1.54, 1.807) is 13.0 Å². The van der Waals surface area contributed by atoms with Crippen LogP contribution in [0.5, 0.6) is 0 Å². The molecule has 0 bridgehead atoms. The summed E-state index contributed by atoms with van der Waals surface area (Å²) in [7, 11) is -5.69. The molecule has 7 nitrogen and oxygen atoms in total. The highest BCUT2D eigenvalue weighted by Crippen LogP contribution is 2.62. The fourth-order valence-electron chi connectivity index (χ4n) is 2.31. The Morgan fingerprint density at radius 1 is 1.41 bits per heavy atom. The van der Waals surface area contributed by atoms with Gasteiger partial charge >= 0.3 is 13.3 Å². The van der Waals surface area contributed by atoms with Crippen molar-refractivity contribution in [3.8, 4) is 0 Å². The normalized spacial score (nSPS) is 12.5. The molecular formula is C15H12BrF2N2O5PS. The minimum atomic E-state index is -5.69. The number of aryl methyl sites for hydroxylation is 1. The fourth-order valence-corrected chi connectivity index (χ4v) is 5.23. The molecule has 0 radical (unpaired) electrons. The van der Waals surface area contributed by atoms with E-state index in [0.29, 0.717) is 27.5 Å². The molecule has 0 aliphatic heterocycles. The number of carbonyl (C=O) groups is 1. The van der Waals surface area contributed by atoms with Gasteiger partial charge in [-0.1, -0.05) is 5.16 Å². The average Bonchev–Trinajstić information content (AvgIpc) is 3.15. The SMILES string of the molecule is Cc1cc(CNC(=O)c2ccc3sc(C(F)(F)P(=O)(O)O)c(Br)c3c2)no1. The number of rotatable bonds is 5. The van der Waals surface area contributed by atoms with Crippen LogP contribution < -0.4 is 5.32 Å². The Balaban J connectivity index is 1.90. The summed E-state index contributed by atoms with van der Waals surface area (Å²) in [5.74, 6) is 0.139. The molecule has 0 saturated carbocycles. The predicted octanol–water partition coefficient (Wildman–Crippen LogP) is 4.12. The quantitative estimate of drug-likeness (QED) is 0.473. The lowest BCUT2D eigenvalue weighted by Crippen LogP contribution is -2.22. The number of nitrogens with one attached hydrogen (secondary N) is 1. The molecule has 0 atom stereocenters. The first-order valence-electron chi connectivity index (χ1n) is 7.37. The average molecular weight is 481 g/mol. The molecule has 12 heteroatoms. The maximum Gasteiger partial charge on any atom is 0.400 e. The zero-order valence-corrected chi connectivity index (χ0v) is 16.9. The van der Waals surface area contributed by atoms with Crippen LogP contribution in [0.15, 0.2) is 33.3 Å². The van der Waals surface area contributed by atoms with E-state index < -0.39 is 24.0 Å². The smallest absolute Gasteiger partial charge is 0.361 e. The summed E-state index contributed by atoms with van der Waals surface area (Å²) in [5, 5.41) is 6.63. The van der Waals surface area contributed by atoms with E-state index in [0.717, 1.165) is 0 Å². The molecule has 2 heterocycles. The molecule has 3 N–H and O–H groups in total. The molecule has 3 rings (SSSR count). The van der Waals surface area contributed by atoms with Gasteiger partial charge in [-0.2, -0.15) is 8.78 Å². The van der Waals surface area contributed by atoms with Gasteiger partial charge in [0.1, 0.15) is 16.3 Å². The van der Waals surface area contributed by atoms with Crippen LogP contribution in [0.3, 0.4) is 0 Å². The lowest BCUT2D eigenvalue weighted by Gasteiger charge is -2.16. The molecule has 0 fully saturated rings. The Morgan fingerprint density at radius 2 is 2.11 bits per heavy atom. The monoisotopic (exact) mass is 480 g/mol. The Morgan fingerprint density at radius 3 is 2.70 bits per heavy atom. The maximum atomic E-state index is 14.1. The van der Waals surface area contributed by atoms with E-state index in [2.05, 4.69) is 26.4 Å². The molecule has 0 saturated heterocycles. The number of benzene rings is 1. The Bertz CT molecular complexity index is 1080. The number of aromatic nitrogens is 1. The molecule has 144 valence electrons. The second kappa shape index (κ2) is 7.06. The van der Waals surface area contributed by atoms with Crippen LogP contribution in [0.1, 0.15) is 26.7 Å². The van der Waals surface area contributed by atoms with Crippen molar-refractivity contribution in [2.24, 2.45) is 0 Å². The van der Waals surface area contributed by atoms with Crippen molar-refractivity contribution in [2.75, 3.05) is 0 Å². The molecular weight excluding hydrogens is 469 g/mol. The van der Waals surface area contributed by atoms with Crippen LogP contribution in [0.2, 0.25) is 0 Å². The summed E-state index contributed by atoms with van der Waals surface area (Å²) >= 11 is 3.52. The number of hydrogen-bond acceptors (Lipinski definition) is 5. The summed E-state index contributed by atoms with van der Waals surface area (Å²) in [4.78, 5) is 29.4. The second-order valence-electron chi connectivity index (χ2n) is 5.65. The van der Waals surface area contributed by atoms with Gasteiger partial charge in [-0.15, -0.1) is 11.3 Å². The molecule has 3 aromatic rings. The van der Waals surface area contributed by atoms with Gasteiger partial charge < -0.3 is 19.6 Å². The van der Waals surface area contributed by atoms with Gasteiger partial charge in [0.25, 0.3) is 5.91 Å². The summed E-state index contributed by atoms with van der Waals surface area (Å²) in [6, 6.07) is 5.92. The summed E-state index contributed by atoms with van der Waals surface area (Å²) in [6.07, 6.45) is 0. The summed E-state index contributed by atoms with van der Waals surface area (Å²) in [5.41, 5.74) is -3.60. The molecule has 0 spiro atoms. The minimum Gasteiger partial charge on any atom is -0.361 e. The van der Waals surface area contributed by atoms with Crippen molar-refractivity contribution in [1.82, 2.24) is 10.5 Å². The van der Waals surface area contributed by atoms with Crippen LogP contribution in [-0.2, 0) is 16.8 Å². The van der Waals surface area contributed by atoms with Crippen molar-refractivity contribution in [1.29, 1.82) is 0 Å². The Hall–Kier alpha value is -1.65. The number of carbonyl (C=O) groups excluding carboxylic acids is 1. The lowest BCUT2D eigenvalue weighted by atomic mass is 10.1. The number of halogens is 3. The zero-order valence-electron chi connectivity index (χ0n) is 13.6. The van der Waals surface area contributed by atoms with Crippen molar-refractivity contribution >= 4 is 50.9 Å². The van der Waals surface area contributed by atoms with Gasteiger partial charge in [-0.25, -0.2) is 0 Å². The third kappa shape index (κ3) is 3.83. The van der Waals surface area contributed by atoms with Crippen LogP contribution in [-0.4, -0.2) is 20.9 Å². The maximum absolute atomic E-state index is 14.1. The Kier molecular flexibility index (Phi) is 5.26. The number of fused-ring (bicyclic) bond motifs is 1. The second-order valence-corrected chi connectivity index (χ2v) is 9.15. The number of thiophene rings is 1. The first-order valence-corrected chi connectivity index (χ1v) is 10.6. The zero-order chi connectivity index (χ0) is 20.0.